The molecule has 3 aromatic rings. The Balaban J connectivity index is 1.86. The van der Waals surface area contributed by atoms with Gasteiger partial charge in [0.15, 0.2) is 0 Å². The van der Waals surface area contributed by atoms with Crippen LogP contribution in [-0.4, -0.2) is 11.3 Å². The second-order valence-corrected chi connectivity index (χ2v) is 4.84. The van der Waals surface area contributed by atoms with Gasteiger partial charge in [-0.2, -0.15) is 0 Å². The molecule has 2 aromatic carbocycles. The van der Waals surface area contributed by atoms with E-state index in [1.807, 2.05) is 42.5 Å². The van der Waals surface area contributed by atoms with Gasteiger partial charge in [-0.3, -0.25) is 0 Å². The van der Waals surface area contributed by atoms with Gasteiger partial charge in [0.2, 0.25) is 0 Å². The van der Waals surface area contributed by atoms with Crippen molar-refractivity contribution in [1.29, 1.82) is 0 Å². The molecule has 104 valence electrons. The van der Waals surface area contributed by atoms with E-state index in [2.05, 4.69) is 4.99 Å². The summed E-state index contributed by atoms with van der Waals surface area (Å²) in [5.41, 5.74) is 1.33. The van der Waals surface area contributed by atoms with E-state index in [1.165, 1.54) is 0 Å². The fourth-order valence-electron chi connectivity index (χ4n) is 1.93. The van der Waals surface area contributed by atoms with Crippen LogP contribution in [0.25, 0.3) is 11.3 Å². The molecule has 0 unspecified atom stereocenters. The quantitative estimate of drug-likeness (QED) is 0.687. The normalized spacial score (nSPS) is 11.1. The lowest BCUT2D eigenvalue weighted by molar-refractivity contribution is 0.477. The molecular weight excluding hydrogens is 286 g/mol. The Morgan fingerprint density at radius 1 is 0.952 bits per heavy atom. The van der Waals surface area contributed by atoms with E-state index in [-0.39, 0.29) is 5.75 Å². The molecule has 0 aliphatic heterocycles. The number of phenols is 1. The number of aliphatic imine (C=N–C) groups is 1. The molecule has 3 nitrogen and oxygen atoms in total. The summed E-state index contributed by atoms with van der Waals surface area (Å²) in [5.74, 6) is 1.40. The molecule has 0 saturated heterocycles. The molecule has 1 heterocycles. The van der Waals surface area contributed by atoms with Crippen LogP contribution in [0.4, 0.5) is 5.69 Å². The van der Waals surface area contributed by atoms with E-state index in [4.69, 9.17) is 16.0 Å². The molecule has 4 heteroatoms. The fourth-order valence-corrected chi connectivity index (χ4v) is 2.16. The van der Waals surface area contributed by atoms with Crippen LogP contribution in [0.3, 0.4) is 0 Å². The van der Waals surface area contributed by atoms with Crippen molar-refractivity contribution >= 4 is 23.5 Å². The molecule has 0 fully saturated rings. The summed E-state index contributed by atoms with van der Waals surface area (Å²) in [5, 5.41) is 10.3. The van der Waals surface area contributed by atoms with Gasteiger partial charge >= 0.3 is 0 Å². The topological polar surface area (TPSA) is 45.7 Å². The predicted octanol–water partition coefficient (Wildman–Crippen LogP) is 5.06. The third-order valence-electron chi connectivity index (χ3n) is 2.98. The van der Waals surface area contributed by atoms with Crippen molar-refractivity contribution in [3.63, 3.8) is 0 Å². The van der Waals surface area contributed by atoms with E-state index in [9.17, 15) is 5.11 Å². The second kappa shape index (κ2) is 5.85. The third kappa shape index (κ3) is 2.98. The molecule has 0 amide bonds. The van der Waals surface area contributed by atoms with Crippen LogP contribution in [0.15, 0.2) is 70.1 Å². The number of para-hydroxylation sites is 2. The third-order valence-corrected chi connectivity index (χ3v) is 3.31. The number of rotatable bonds is 3. The van der Waals surface area contributed by atoms with E-state index in [1.54, 1.807) is 24.4 Å². The van der Waals surface area contributed by atoms with Crippen LogP contribution in [0.5, 0.6) is 5.75 Å². The van der Waals surface area contributed by atoms with Gasteiger partial charge in [-0.15, -0.1) is 0 Å². The number of aromatic hydroxyl groups is 1. The average Bonchev–Trinajstić information content (AvgIpc) is 2.96. The van der Waals surface area contributed by atoms with Crippen molar-refractivity contribution in [3.8, 4) is 17.1 Å². The van der Waals surface area contributed by atoms with Gasteiger partial charge < -0.3 is 9.52 Å². The van der Waals surface area contributed by atoms with Gasteiger partial charge in [0.25, 0.3) is 0 Å². The Morgan fingerprint density at radius 3 is 2.52 bits per heavy atom. The molecule has 3 rings (SSSR count). The Kier molecular flexibility index (Phi) is 3.75. The maximum absolute atomic E-state index is 9.65. The summed E-state index contributed by atoms with van der Waals surface area (Å²) in [6.45, 7) is 0. The number of furan rings is 1. The molecular formula is C17H12ClNO2. The molecule has 0 bridgehead atoms. The SMILES string of the molecule is Oc1ccccc1N=Cc1ccc(-c2ccccc2Cl)o1. The minimum Gasteiger partial charge on any atom is -0.506 e. The van der Waals surface area contributed by atoms with E-state index < -0.39 is 0 Å². The van der Waals surface area contributed by atoms with Gasteiger partial charge in [0.05, 0.1) is 11.2 Å². The van der Waals surface area contributed by atoms with Crippen LogP contribution < -0.4 is 0 Å². The van der Waals surface area contributed by atoms with Gasteiger partial charge in [-0.05, 0) is 36.4 Å². The van der Waals surface area contributed by atoms with Gasteiger partial charge in [-0.1, -0.05) is 35.9 Å². The van der Waals surface area contributed by atoms with Crippen molar-refractivity contribution in [2.24, 2.45) is 4.99 Å². The van der Waals surface area contributed by atoms with Crippen LogP contribution in [0.1, 0.15) is 5.76 Å². The lowest BCUT2D eigenvalue weighted by Gasteiger charge is -1.99. The lowest BCUT2D eigenvalue weighted by atomic mass is 10.2. The number of phenolic OH excluding ortho intramolecular Hbond substituents is 1. The summed E-state index contributed by atoms with van der Waals surface area (Å²) in [7, 11) is 0. The van der Waals surface area contributed by atoms with Crippen molar-refractivity contribution in [2.45, 2.75) is 0 Å². The fraction of sp³-hybridized carbons (Fsp3) is 0. The molecule has 0 saturated carbocycles. The minimum atomic E-state index is 0.131. The molecule has 0 aliphatic carbocycles. The number of hydrogen-bond acceptors (Lipinski definition) is 3. The summed E-state index contributed by atoms with van der Waals surface area (Å²) in [6.07, 6.45) is 1.56. The first-order valence-corrected chi connectivity index (χ1v) is 6.78. The Labute approximate surface area is 127 Å². The molecule has 1 aromatic heterocycles. The molecule has 21 heavy (non-hydrogen) atoms. The summed E-state index contributed by atoms with van der Waals surface area (Å²) < 4.78 is 5.70. The second-order valence-electron chi connectivity index (χ2n) is 4.43. The molecule has 0 spiro atoms. The average molecular weight is 298 g/mol. The highest BCUT2D eigenvalue weighted by molar-refractivity contribution is 6.33. The monoisotopic (exact) mass is 297 g/mol. The number of benzene rings is 2. The highest BCUT2D eigenvalue weighted by atomic mass is 35.5. The summed E-state index contributed by atoms with van der Waals surface area (Å²) in [6, 6.07) is 18.0. The zero-order valence-corrected chi connectivity index (χ0v) is 11.8. The van der Waals surface area contributed by atoms with Crippen molar-refractivity contribution < 1.29 is 9.52 Å². The van der Waals surface area contributed by atoms with Crippen LogP contribution in [0, 0.1) is 0 Å². The zero-order valence-electron chi connectivity index (χ0n) is 11.0. The molecule has 0 radical (unpaired) electrons. The highest BCUT2D eigenvalue weighted by Crippen LogP contribution is 2.29. The number of hydrogen-bond donors (Lipinski definition) is 1. The van der Waals surface area contributed by atoms with Crippen LogP contribution in [-0.2, 0) is 0 Å². The van der Waals surface area contributed by atoms with Crippen LogP contribution in [0.2, 0.25) is 5.02 Å². The first-order valence-electron chi connectivity index (χ1n) is 6.41. The first-order chi connectivity index (χ1) is 10.2. The van der Waals surface area contributed by atoms with Gasteiger partial charge in [0, 0.05) is 5.56 Å². The van der Waals surface area contributed by atoms with Gasteiger partial charge in [0.1, 0.15) is 23.0 Å². The van der Waals surface area contributed by atoms with E-state index >= 15 is 0 Å². The smallest absolute Gasteiger partial charge is 0.145 e. The largest absolute Gasteiger partial charge is 0.506 e. The van der Waals surface area contributed by atoms with Crippen LogP contribution >= 0.6 is 11.6 Å². The minimum absolute atomic E-state index is 0.131. The predicted molar refractivity (Wildman–Crippen MR) is 84.5 cm³/mol. The Hall–Kier alpha value is -2.52. The molecule has 1 N–H and O–H groups in total. The molecule has 0 atom stereocenters. The maximum Gasteiger partial charge on any atom is 0.145 e. The number of halogens is 1. The first kappa shape index (κ1) is 13.5. The van der Waals surface area contributed by atoms with E-state index in [0.29, 0.717) is 22.2 Å². The number of nitrogens with zero attached hydrogens (tertiary/aromatic N) is 1. The van der Waals surface area contributed by atoms with Crippen molar-refractivity contribution in [3.05, 3.63) is 71.4 Å². The maximum atomic E-state index is 9.65. The van der Waals surface area contributed by atoms with Crippen molar-refractivity contribution in [1.82, 2.24) is 0 Å². The van der Waals surface area contributed by atoms with E-state index in [0.717, 1.165) is 5.56 Å². The Morgan fingerprint density at radius 2 is 1.71 bits per heavy atom. The summed E-state index contributed by atoms with van der Waals surface area (Å²) in [4.78, 5) is 4.20. The zero-order chi connectivity index (χ0) is 14.7. The Bertz CT molecular complexity index is 793. The highest BCUT2D eigenvalue weighted by Gasteiger charge is 2.07. The standard InChI is InChI=1S/C17H12ClNO2/c18-14-6-2-1-5-13(14)17-10-9-12(21-17)11-19-15-7-3-4-8-16(15)20/h1-11,20H. The summed E-state index contributed by atoms with van der Waals surface area (Å²) >= 11 is 6.14. The molecule has 0 aliphatic rings. The van der Waals surface area contributed by atoms with Gasteiger partial charge in [-0.25, -0.2) is 4.99 Å². The lowest BCUT2D eigenvalue weighted by Crippen LogP contribution is -1.76. The van der Waals surface area contributed by atoms with Crippen molar-refractivity contribution in [2.75, 3.05) is 0 Å².